The molecule has 1 N–H and O–H groups in total. The number of rotatable bonds is 6. The summed E-state index contributed by atoms with van der Waals surface area (Å²) in [6.45, 7) is 0. The molecule has 8 nitrogen and oxygen atoms in total. The van der Waals surface area contributed by atoms with Gasteiger partial charge in [-0.2, -0.15) is 5.10 Å². The molecule has 0 radical (unpaired) electrons. The fourth-order valence-corrected chi connectivity index (χ4v) is 2.58. The van der Waals surface area contributed by atoms with E-state index in [1.165, 1.54) is 44.7 Å². The van der Waals surface area contributed by atoms with Crippen LogP contribution in [0.2, 0.25) is 0 Å². The summed E-state index contributed by atoms with van der Waals surface area (Å²) >= 11 is 3.39. The molecule has 0 aliphatic rings. The molecule has 0 spiro atoms. The van der Waals surface area contributed by atoms with Crippen molar-refractivity contribution in [3.63, 3.8) is 0 Å². The van der Waals surface area contributed by atoms with Crippen molar-refractivity contribution in [1.29, 1.82) is 0 Å². The SMILES string of the molecule is COc1ccc(/C=N/NC(=O)c2cccc([N+](=O)[O-])c2)c(Br)c1OC. The first-order valence-corrected chi connectivity index (χ1v) is 7.75. The average molecular weight is 408 g/mol. The van der Waals surface area contributed by atoms with Gasteiger partial charge in [-0.25, -0.2) is 5.43 Å². The van der Waals surface area contributed by atoms with Gasteiger partial charge in [-0.05, 0) is 34.1 Å². The molecule has 25 heavy (non-hydrogen) atoms. The first kappa shape index (κ1) is 18.4. The normalized spacial score (nSPS) is 10.5. The van der Waals surface area contributed by atoms with Crippen LogP contribution in [-0.4, -0.2) is 31.3 Å². The van der Waals surface area contributed by atoms with Gasteiger partial charge in [0.05, 0.1) is 29.8 Å². The Kier molecular flexibility index (Phi) is 6.07. The lowest BCUT2D eigenvalue weighted by Gasteiger charge is -2.10. The van der Waals surface area contributed by atoms with Gasteiger partial charge in [-0.3, -0.25) is 14.9 Å². The van der Waals surface area contributed by atoms with Gasteiger partial charge in [0.25, 0.3) is 11.6 Å². The van der Waals surface area contributed by atoms with Crippen molar-refractivity contribution in [2.75, 3.05) is 14.2 Å². The molecule has 2 aromatic carbocycles. The minimum absolute atomic E-state index is 0.137. The molecule has 0 aromatic heterocycles. The number of halogens is 1. The van der Waals surface area contributed by atoms with Gasteiger partial charge in [-0.1, -0.05) is 6.07 Å². The lowest BCUT2D eigenvalue weighted by molar-refractivity contribution is -0.384. The monoisotopic (exact) mass is 407 g/mol. The maximum Gasteiger partial charge on any atom is 0.271 e. The van der Waals surface area contributed by atoms with Crippen LogP contribution in [0.25, 0.3) is 0 Å². The highest BCUT2D eigenvalue weighted by atomic mass is 79.9. The number of hydrogen-bond acceptors (Lipinski definition) is 6. The predicted molar refractivity (Wildman–Crippen MR) is 95.4 cm³/mol. The summed E-state index contributed by atoms with van der Waals surface area (Å²) in [6, 6.07) is 8.81. The number of non-ortho nitro benzene ring substituents is 1. The van der Waals surface area contributed by atoms with Crippen molar-refractivity contribution in [3.8, 4) is 11.5 Å². The molecule has 2 rings (SSSR count). The number of nitrogens with zero attached hydrogens (tertiary/aromatic N) is 2. The summed E-state index contributed by atoms with van der Waals surface area (Å²) in [5.41, 5.74) is 2.94. The highest BCUT2D eigenvalue weighted by Crippen LogP contribution is 2.36. The summed E-state index contributed by atoms with van der Waals surface area (Å²) in [5.74, 6) is 0.486. The van der Waals surface area contributed by atoms with Crippen LogP contribution in [0.1, 0.15) is 15.9 Å². The molecule has 0 aliphatic heterocycles. The number of hydrazone groups is 1. The molecule has 0 saturated carbocycles. The Morgan fingerprint density at radius 1 is 1.28 bits per heavy atom. The van der Waals surface area contributed by atoms with Gasteiger partial charge in [-0.15, -0.1) is 0 Å². The largest absolute Gasteiger partial charge is 0.493 e. The van der Waals surface area contributed by atoms with Crippen molar-refractivity contribution >= 4 is 33.7 Å². The molecule has 1 amide bonds. The Morgan fingerprint density at radius 2 is 2.04 bits per heavy atom. The van der Waals surface area contributed by atoms with Gasteiger partial charge in [0.15, 0.2) is 11.5 Å². The third kappa shape index (κ3) is 4.32. The van der Waals surface area contributed by atoms with Crippen LogP contribution in [0.5, 0.6) is 11.5 Å². The number of amides is 1. The Balaban J connectivity index is 2.14. The molecule has 0 aliphatic carbocycles. The van der Waals surface area contributed by atoms with E-state index in [1.54, 1.807) is 12.1 Å². The Labute approximate surface area is 151 Å². The molecule has 0 bridgehead atoms. The molecule has 0 heterocycles. The first-order chi connectivity index (χ1) is 12.0. The molecule has 130 valence electrons. The molecule has 0 saturated heterocycles. The quantitative estimate of drug-likeness (QED) is 0.450. The standard InChI is InChI=1S/C16H14BrN3O5/c1-24-13-7-6-11(14(17)15(13)25-2)9-18-19-16(21)10-4-3-5-12(8-10)20(22)23/h3-9H,1-2H3,(H,19,21)/b18-9+. The average Bonchev–Trinajstić information content (AvgIpc) is 2.62. The first-order valence-electron chi connectivity index (χ1n) is 6.96. The van der Waals surface area contributed by atoms with E-state index in [0.717, 1.165) is 0 Å². The van der Waals surface area contributed by atoms with E-state index in [9.17, 15) is 14.9 Å². The van der Waals surface area contributed by atoms with E-state index in [-0.39, 0.29) is 11.3 Å². The van der Waals surface area contributed by atoms with Crippen LogP contribution < -0.4 is 14.9 Å². The maximum atomic E-state index is 12.0. The second kappa shape index (κ2) is 8.25. The van der Waals surface area contributed by atoms with Crippen LogP contribution in [0.15, 0.2) is 46.0 Å². The minimum atomic E-state index is -0.569. The van der Waals surface area contributed by atoms with Gasteiger partial charge >= 0.3 is 0 Å². The number of nitro benzene ring substituents is 1. The lowest BCUT2D eigenvalue weighted by Crippen LogP contribution is -2.17. The van der Waals surface area contributed by atoms with Crippen molar-refractivity contribution < 1.29 is 19.2 Å². The molecule has 2 aromatic rings. The number of hydrogen-bond donors (Lipinski definition) is 1. The van der Waals surface area contributed by atoms with Crippen molar-refractivity contribution in [1.82, 2.24) is 5.43 Å². The topological polar surface area (TPSA) is 103 Å². The third-order valence-electron chi connectivity index (χ3n) is 3.20. The molecule has 0 unspecified atom stereocenters. The zero-order valence-corrected chi connectivity index (χ0v) is 14.9. The highest BCUT2D eigenvalue weighted by Gasteiger charge is 2.12. The summed E-state index contributed by atoms with van der Waals surface area (Å²) in [5, 5.41) is 14.6. The van der Waals surface area contributed by atoms with Crippen molar-refractivity contribution in [3.05, 3.63) is 62.1 Å². The summed E-state index contributed by atoms with van der Waals surface area (Å²) in [7, 11) is 3.03. The second-order valence-electron chi connectivity index (χ2n) is 4.71. The van der Waals surface area contributed by atoms with Gasteiger partial charge in [0.1, 0.15) is 0 Å². The smallest absolute Gasteiger partial charge is 0.271 e. The van der Waals surface area contributed by atoms with Crippen molar-refractivity contribution in [2.45, 2.75) is 0 Å². The molecule has 9 heteroatoms. The number of carbonyl (C=O) groups is 1. The van der Waals surface area contributed by atoms with E-state index in [4.69, 9.17) is 9.47 Å². The van der Waals surface area contributed by atoms with E-state index >= 15 is 0 Å². The molecular formula is C16H14BrN3O5. The minimum Gasteiger partial charge on any atom is -0.493 e. The van der Waals surface area contributed by atoms with Gasteiger partial charge in [0, 0.05) is 23.3 Å². The number of carbonyl (C=O) groups excluding carboxylic acids is 1. The van der Waals surface area contributed by atoms with Crippen LogP contribution in [0.4, 0.5) is 5.69 Å². The Hall–Kier alpha value is -2.94. The molecule has 0 fully saturated rings. The van der Waals surface area contributed by atoms with Crippen LogP contribution >= 0.6 is 15.9 Å². The zero-order chi connectivity index (χ0) is 18.4. The number of nitro groups is 1. The number of benzene rings is 2. The zero-order valence-electron chi connectivity index (χ0n) is 13.4. The lowest BCUT2D eigenvalue weighted by atomic mass is 10.2. The van der Waals surface area contributed by atoms with Crippen LogP contribution in [0, 0.1) is 10.1 Å². The van der Waals surface area contributed by atoms with Crippen LogP contribution in [-0.2, 0) is 0 Å². The second-order valence-corrected chi connectivity index (χ2v) is 5.50. The van der Waals surface area contributed by atoms with Crippen molar-refractivity contribution in [2.24, 2.45) is 5.10 Å². The highest BCUT2D eigenvalue weighted by molar-refractivity contribution is 9.10. The summed E-state index contributed by atoms with van der Waals surface area (Å²) in [4.78, 5) is 22.2. The summed E-state index contributed by atoms with van der Waals surface area (Å²) < 4.78 is 11.0. The van der Waals surface area contributed by atoms with E-state index in [2.05, 4.69) is 26.5 Å². The number of methoxy groups -OCH3 is 2. The molecular weight excluding hydrogens is 394 g/mol. The van der Waals surface area contributed by atoms with Gasteiger partial charge in [0.2, 0.25) is 0 Å². The fraction of sp³-hybridized carbons (Fsp3) is 0.125. The maximum absolute atomic E-state index is 12.0. The van der Waals surface area contributed by atoms with Gasteiger partial charge < -0.3 is 9.47 Å². The number of nitrogens with one attached hydrogen (secondary N) is 1. The van der Waals surface area contributed by atoms with E-state index in [1.807, 2.05) is 0 Å². The predicted octanol–water partition coefficient (Wildman–Crippen LogP) is 3.14. The van der Waals surface area contributed by atoms with E-state index < -0.39 is 10.8 Å². The molecule has 0 atom stereocenters. The summed E-state index contributed by atoms with van der Waals surface area (Å²) in [6.07, 6.45) is 1.42. The number of ether oxygens (including phenoxy) is 2. The van der Waals surface area contributed by atoms with Crippen LogP contribution in [0.3, 0.4) is 0 Å². The fourth-order valence-electron chi connectivity index (χ4n) is 1.99. The Morgan fingerprint density at radius 3 is 2.68 bits per heavy atom. The van der Waals surface area contributed by atoms with E-state index in [0.29, 0.717) is 21.5 Å². The third-order valence-corrected chi connectivity index (χ3v) is 4.02. The Bertz CT molecular complexity index is 839.